The third kappa shape index (κ3) is 1.11. The van der Waals surface area contributed by atoms with Crippen LogP contribution < -0.4 is 9.47 Å². The maximum Gasteiger partial charge on any atom is 0.199 e. The summed E-state index contributed by atoms with van der Waals surface area (Å²) in [5.74, 6) is 1.49. The van der Waals surface area contributed by atoms with Crippen molar-refractivity contribution in [2.45, 2.75) is 0 Å². The summed E-state index contributed by atoms with van der Waals surface area (Å²) >= 11 is 0. The number of hydrogen-bond acceptors (Lipinski definition) is 3. The smallest absolute Gasteiger partial charge is 0.199 e. The highest BCUT2D eigenvalue weighted by molar-refractivity contribution is 5.55. The molecule has 0 radical (unpaired) electrons. The molecule has 2 rings (SSSR count). The van der Waals surface area contributed by atoms with Crippen LogP contribution in [0.15, 0.2) is 24.5 Å². The number of hydrogen-bond donors (Lipinski definition) is 0. The van der Waals surface area contributed by atoms with Crippen LogP contribution in [0.25, 0.3) is 5.65 Å². The first-order valence-corrected chi connectivity index (χ1v) is 3.91. The van der Waals surface area contributed by atoms with E-state index in [0.717, 1.165) is 17.3 Å². The Morgan fingerprint density at radius 3 is 2.77 bits per heavy atom. The minimum absolute atomic E-state index is 0.741. The van der Waals surface area contributed by atoms with Crippen LogP contribution in [-0.2, 0) is 0 Å². The van der Waals surface area contributed by atoms with Gasteiger partial charge in [-0.15, -0.1) is 0 Å². The lowest BCUT2D eigenvalue weighted by molar-refractivity contribution is 0.385. The quantitative estimate of drug-likeness (QED) is 0.696. The fourth-order valence-corrected chi connectivity index (χ4v) is 1.29. The van der Waals surface area contributed by atoms with Gasteiger partial charge in [0.15, 0.2) is 17.3 Å². The number of aromatic nitrogens is 2. The molecular formula is C9H10N2O2. The lowest BCUT2D eigenvalue weighted by atomic mass is 10.4. The molecule has 0 unspecified atom stereocenters. The molecule has 13 heavy (non-hydrogen) atoms. The predicted octanol–water partition coefficient (Wildman–Crippen LogP) is 1.35. The minimum Gasteiger partial charge on any atom is -0.493 e. The Hall–Kier alpha value is -1.71. The van der Waals surface area contributed by atoms with Crippen LogP contribution in [0.5, 0.6) is 11.6 Å². The van der Waals surface area contributed by atoms with Crippen molar-refractivity contribution in [1.29, 1.82) is 0 Å². The molecular weight excluding hydrogens is 168 g/mol. The highest BCUT2D eigenvalue weighted by Gasteiger charge is 2.05. The summed E-state index contributed by atoms with van der Waals surface area (Å²) in [6.45, 7) is 0. The fraction of sp³-hybridized carbons (Fsp3) is 0.222. The first-order valence-electron chi connectivity index (χ1n) is 3.91. The number of imidazole rings is 1. The molecule has 4 heteroatoms. The standard InChI is InChI=1S/C9H10N2O2/c1-12-7-3-4-8(13-2)11-6-5-10-9(7)11/h3-6H,1-2H3. The van der Waals surface area contributed by atoms with Gasteiger partial charge in [-0.25, -0.2) is 4.98 Å². The van der Waals surface area contributed by atoms with Crippen LogP contribution in [0.1, 0.15) is 0 Å². The third-order valence-electron chi connectivity index (χ3n) is 1.90. The Balaban J connectivity index is 2.74. The highest BCUT2D eigenvalue weighted by Crippen LogP contribution is 2.22. The van der Waals surface area contributed by atoms with Crippen LogP contribution in [-0.4, -0.2) is 23.6 Å². The molecule has 0 atom stereocenters. The van der Waals surface area contributed by atoms with Gasteiger partial charge in [-0.2, -0.15) is 0 Å². The second kappa shape index (κ2) is 2.97. The van der Waals surface area contributed by atoms with Crippen molar-refractivity contribution in [3.05, 3.63) is 24.5 Å². The number of fused-ring (bicyclic) bond motifs is 1. The number of rotatable bonds is 2. The number of pyridine rings is 1. The molecule has 0 bridgehead atoms. The largest absolute Gasteiger partial charge is 0.493 e. The molecule has 4 nitrogen and oxygen atoms in total. The van der Waals surface area contributed by atoms with Crippen LogP contribution in [0.2, 0.25) is 0 Å². The van der Waals surface area contributed by atoms with E-state index in [1.54, 1.807) is 20.4 Å². The molecule has 0 aliphatic carbocycles. The van der Waals surface area contributed by atoms with Gasteiger partial charge in [0.1, 0.15) is 0 Å². The van der Waals surface area contributed by atoms with Gasteiger partial charge in [0, 0.05) is 18.5 Å². The number of nitrogens with zero attached hydrogens (tertiary/aromatic N) is 2. The third-order valence-corrected chi connectivity index (χ3v) is 1.90. The van der Waals surface area contributed by atoms with E-state index in [4.69, 9.17) is 9.47 Å². The van der Waals surface area contributed by atoms with E-state index in [-0.39, 0.29) is 0 Å². The summed E-state index contributed by atoms with van der Waals surface area (Å²) < 4.78 is 12.1. The maximum atomic E-state index is 5.15. The average molecular weight is 178 g/mol. The molecule has 0 N–H and O–H groups in total. The maximum absolute atomic E-state index is 5.15. The SMILES string of the molecule is COc1ccc(OC)n2ccnc12. The van der Waals surface area contributed by atoms with Crippen molar-refractivity contribution >= 4 is 5.65 Å². The zero-order valence-electron chi connectivity index (χ0n) is 7.52. The zero-order chi connectivity index (χ0) is 9.26. The van der Waals surface area contributed by atoms with Crippen molar-refractivity contribution in [3.8, 4) is 11.6 Å². The van der Waals surface area contributed by atoms with Crippen molar-refractivity contribution in [3.63, 3.8) is 0 Å². The van der Waals surface area contributed by atoms with Gasteiger partial charge in [0.25, 0.3) is 0 Å². The van der Waals surface area contributed by atoms with Crippen molar-refractivity contribution < 1.29 is 9.47 Å². The Morgan fingerprint density at radius 1 is 1.23 bits per heavy atom. The van der Waals surface area contributed by atoms with E-state index in [9.17, 15) is 0 Å². The second-order valence-corrected chi connectivity index (χ2v) is 2.56. The van der Waals surface area contributed by atoms with Gasteiger partial charge >= 0.3 is 0 Å². The van der Waals surface area contributed by atoms with Gasteiger partial charge in [0.2, 0.25) is 0 Å². The van der Waals surface area contributed by atoms with E-state index in [0.29, 0.717) is 0 Å². The fourth-order valence-electron chi connectivity index (χ4n) is 1.29. The van der Waals surface area contributed by atoms with Crippen molar-refractivity contribution in [1.82, 2.24) is 9.38 Å². The first kappa shape index (κ1) is 7.91. The van der Waals surface area contributed by atoms with Crippen molar-refractivity contribution in [2.75, 3.05) is 14.2 Å². The van der Waals surface area contributed by atoms with Crippen LogP contribution in [0.3, 0.4) is 0 Å². The number of methoxy groups -OCH3 is 2. The van der Waals surface area contributed by atoms with Gasteiger partial charge in [-0.1, -0.05) is 0 Å². The topological polar surface area (TPSA) is 35.8 Å². The monoisotopic (exact) mass is 178 g/mol. The van der Waals surface area contributed by atoms with Crippen molar-refractivity contribution in [2.24, 2.45) is 0 Å². The van der Waals surface area contributed by atoms with E-state index >= 15 is 0 Å². The highest BCUT2D eigenvalue weighted by atomic mass is 16.5. The molecule has 2 aromatic heterocycles. The Bertz CT molecular complexity index is 384. The first-order chi connectivity index (χ1) is 6.36. The second-order valence-electron chi connectivity index (χ2n) is 2.56. The van der Waals surface area contributed by atoms with Gasteiger partial charge in [-0.05, 0) is 6.07 Å². The molecule has 0 aliphatic heterocycles. The molecule has 0 spiro atoms. The molecule has 0 saturated heterocycles. The molecule has 2 aromatic rings. The summed E-state index contributed by atoms with van der Waals surface area (Å²) in [6, 6.07) is 3.68. The van der Waals surface area contributed by atoms with E-state index in [1.165, 1.54) is 0 Å². The normalized spacial score (nSPS) is 10.3. The Morgan fingerprint density at radius 2 is 2.08 bits per heavy atom. The Kier molecular flexibility index (Phi) is 1.81. The van der Waals surface area contributed by atoms with Gasteiger partial charge < -0.3 is 9.47 Å². The lowest BCUT2D eigenvalue weighted by Crippen LogP contribution is -1.95. The molecule has 0 aliphatic rings. The van der Waals surface area contributed by atoms with Gasteiger partial charge in [0.05, 0.1) is 14.2 Å². The van der Waals surface area contributed by atoms with E-state index in [2.05, 4.69) is 4.98 Å². The molecule has 0 aromatic carbocycles. The molecule has 2 heterocycles. The summed E-state index contributed by atoms with van der Waals surface area (Å²) in [5, 5.41) is 0. The number of ether oxygens (including phenoxy) is 2. The summed E-state index contributed by atoms with van der Waals surface area (Å²) in [7, 11) is 3.25. The predicted molar refractivity (Wildman–Crippen MR) is 48.3 cm³/mol. The molecule has 0 amide bonds. The summed E-state index contributed by atoms with van der Waals surface area (Å²) in [5.41, 5.74) is 0.766. The van der Waals surface area contributed by atoms with Crippen LogP contribution in [0, 0.1) is 0 Å². The average Bonchev–Trinajstić information content (AvgIpc) is 2.64. The molecule has 68 valence electrons. The van der Waals surface area contributed by atoms with Crippen LogP contribution >= 0.6 is 0 Å². The van der Waals surface area contributed by atoms with E-state index in [1.807, 2.05) is 22.7 Å². The van der Waals surface area contributed by atoms with Crippen LogP contribution in [0.4, 0.5) is 0 Å². The lowest BCUT2D eigenvalue weighted by Gasteiger charge is -2.06. The summed E-state index contributed by atoms with van der Waals surface area (Å²) in [6.07, 6.45) is 3.54. The van der Waals surface area contributed by atoms with Gasteiger partial charge in [-0.3, -0.25) is 4.40 Å². The summed E-state index contributed by atoms with van der Waals surface area (Å²) in [4.78, 5) is 4.16. The van der Waals surface area contributed by atoms with E-state index < -0.39 is 0 Å². The Labute approximate surface area is 75.7 Å². The molecule has 0 fully saturated rings. The minimum atomic E-state index is 0.741. The molecule has 0 saturated carbocycles. The zero-order valence-corrected chi connectivity index (χ0v) is 7.52.